The average Bonchev–Trinajstić information content (AvgIpc) is 2.78. The maximum Gasteiger partial charge on any atom is 0.0975 e. The second-order valence-corrected chi connectivity index (χ2v) is 4.99. The van der Waals surface area contributed by atoms with Crippen molar-refractivity contribution in [3.8, 4) is 12.1 Å². The molecule has 1 heterocycles. The van der Waals surface area contributed by atoms with Gasteiger partial charge in [0.2, 0.25) is 0 Å². The van der Waals surface area contributed by atoms with Gasteiger partial charge in [-0.05, 0) is 26.7 Å². The molecular weight excluding hydrogens is 210 g/mol. The molecule has 0 aromatic heterocycles. The molecule has 0 N–H and O–H groups in total. The van der Waals surface area contributed by atoms with Gasteiger partial charge in [0.25, 0.3) is 0 Å². The fourth-order valence-electron chi connectivity index (χ4n) is 3.26. The molecule has 0 radical (unpaired) electrons. The Morgan fingerprint density at radius 1 is 1.00 bits per heavy atom. The van der Waals surface area contributed by atoms with Crippen LogP contribution in [0, 0.1) is 28.1 Å². The van der Waals surface area contributed by atoms with Gasteiger partial charge in [0, 0.05) is 23.9 Å². The molecule has 1 saturated carbocycles. The number of rotatable bonds is 0. The molecule has 0 unspecified atom stereocenters. The van der Waals surface area contributed by atoms with E-state index < -0.39 is 0 Å². The van der Waals surface area contributed by atoms with Crippen molar-refractivity contribution in [2.45, 2.75) is 39.5 Å². The number of allylic oxidation sites excluding steroid dienone is 4. The number of nitriles is 2. The Hall–Kier alpha value is -1.74. The van der Waals surface area contributed by atoms with E-state index in [0.29, 0.717) is 0 Å². The Morgan fingerprint density at radius 3 is 1.76 bits per heavy atom. The van der Waals surface area contributed by atoms with Crippen LogP contribution in [-0.4, -0.2) is 11.9 Å². The van der Waals surface area contributed by atoms with Crippen molar-refractivity contribution in [1.82, 2.24) is 4.90 Å². The van der Waals surface area contributed by atoms with Crippen molar-refractivity contribution < 1.29 is 0 Å². The molecule has 0 aromatic carbocycles. The van der Waals surface area contributed by atoms with E-state index in [1.54, 1.807) is 0 Å². The van der Waals surface area contributed by atoms with Gasteiger partial charge in [-0.15, -0.1) is 0 Å². The summed E-state index contributed by atoms with van der Waals surface area (Å²) in [4.78, 5) is 1.97. The first-order chi connectivity index (χ1) is 8.08. The van der Waals surface area contributed by atoms with Crippen LogP contribution in [-0.2, 0) is 0 Å². The third-order valence-electron chi connectivity index (χ3n) is 4.37. The van der Waals surface area contributed by atoms with Crippen LogP contribution in [0.3, 0.4) is 0 Å². The summed E-state index contributed by atoms with van der Waals surface area (Å²) in [6.45, 7) is 3.96. The van der Waals surface area contributed by atoms with Crippen LogP contribution < -0.4 is 0 Å². The Balaban J connectivity index is 2.68. The maximum atomic E-state index is 9.44. The monoisotopic (exact) mass is 227 g/mol. The summed E-state index contributed by atoms with van der Waals surface area (Å²) < 4.78 is 0. The molecule has 0 atom stereocenters. The average molecular weight is 227 g/mol. The lowest BCUT2D eigenvalue weighted by molar-refractivity contribution is 0.385. The highest BCUT2D eigenvalue weighted by atomic mass is 15.1. The number of hydrogen-bond acceptors (Lipinski definition) is 3. The van der Waals surface area contributed by atoms with Gasteiger partial charge < -0.3 is 4.90 Å². The highest BCUT2D eigenvalue weighted by Gasteiger charge is 2.46. The van der Waals surface area contributed by atoms with Crippen LogP contribution in [0.25, 0.3) is 0 Å². The Kier molecular flexibility index (Phi) is 2.71. The zero-order chi connectivity index (χ0) is 12.6. The van der Waals surface area contributed by atoms with E-state index in [0.717, 1.165) is 48.2 Å². The fourth-order valence-corrected chi connectivity index (χ4v) is 3.26. The van der Waals surface area contributed by atoms with Crippen LogP contribution in [0.4, 0.5) is 0 Å². The molecule has 1 aliphatic carbocycles. The highest BCUT2D eigenvalue weighted by Crippen LogP contribution is 2.53. The quantitative estimate of drug-likeness (QED) is 0.639. The lowest BCUT2D eigenvalue weighted by Gasteiger charge is -2.39. The van der Waals surface area contributed by atoms with Crippen LogP contribution in [0.2, 0.25) is 0 Å². The van der Waals surface area contributed by atoms with E-state index in [9.17, 15) is 10.5 Å². The lowest BCUT2D eigenvalue weighted by atomic mass is 9.69. The van der Waals surface area contributed by atoms with Crippen LogP contribution in [0.5, 0.6) is 0 Å². The minimum atomic E-state index is -0.274. The van der Waals surface area contributed by atoms with E-state index in [1.807, 2.05) is 25.8 Å². The fraction of sp³-hybridized carbons (Fsp3) is 0.571. The summed E-state index contributed by atoms with van der Waals surface area (Å²) in [7, 11) is 1.93. The minimum absolute atomic E-state index is 0.274. The molecule has 17 heavy (non-hydrogen) atoms. The second-order valence-electron chi connectivity index (χ2n) is 4.99. The molecule has 1 fully saturated rings. The molecular formula is C14H17N3. The van der Waals surface area contributed by atoms with Gasteiger partial charge in [-0.3, -0.25) is 0 Å². The van der Waals surface area contributed by atoms with Gasteiger partial charge in [-0.25, -0.2) is 0 Å². The molecule has 0 saturated heterocycles. The Bertz CT molecular complexity index is 451. The van der Waals surface area contributed by atoms with Gasteiger partial charge >= 0.3 is 0 Å². The van der Waals surface area contributed by atoms with E-state index in [2.05, 4.69) is 12.1 Å². The summed E-state index contributed by atoms with van der Waals surface area (Å²) >= 11 is 0. The maximum absolute atomic E-state index is 9.44. The van der Waals surface area contributed by atoms with Crippen molar-refractivity contribution in [1.29, 1.82) is 10.5 Å². The Labute approximate surface area is 103 Å². The molecule has 0 aromatic rings. The molecule has 1 aliphatic heterocycles. The summed E-state index contributed by atoms with van der Waals surface area (Å²) in [5, 5.41) is 18.9. The van der Waals surface area contributed by atoms with Gasteiger partial charge in [0.1, 0.15) is 0 Å². The molecule has 2 rings (SSSR count). The zero-order valence-electron chi connectivity index (χ0n) is 10.7. The summed E-state index contributed by atoms with van der Waals surface area (Å²) in [5.41, 5.74) is 3.35. The van der Waals surface area contributed by atoms with Crippen LogP contribution in [0.1, 0.15) is 39.5 Å². The van der Waals surface area contributed by atoms with Crippen LogP contribution >= 0.6 is 0 Å². The lowest BCUT2D eigenvalue weighted by Crippen LogP contribution is -2.33. The first-order valence-electron chi connectivity index (χ1n) is 6.05. The molecule has 88 valence electrons. The molecule has 1 spiro atoms. The summed E-state index contributed by atoms with van der Waals surface area (Å²) in [6.07, 6.45) is 4.11. The minimum Gasteiger partial charge on any atom is -0.350 e. The number of nitrogens with zero attached hydrogens (tertiary/aromatic N) is 3. The van der Waals surface area contributed by atoms with E-state index in [-0.39, 0.29) is 5.41 Å². The molecule has 3 nitrogen and oxygen atoms in total. The predicted octanol–water partition coefficient (Wildman–Crippen LogP) is 3.09. The third kappa shape index (κ3) is 1.39. The first kappa shape index (κ1) is 11.7. The second kappa shape index (κ2) is 3.93. The number of hydrogen-bond donors (Lipinski definition) is 0. The smallest absolute Gasteiger partial charge is 0.0975 e. The van der Waals surface area contributed by atoms with Crippen molar-refractivity contribution in [3.05, 3.63) is 22.5 Å². The van der Waals surface area contributed by atoms with Gasteiger partial charge in [-0.2, -0.15) is 10.5 Å². The standard InChI is InChI=1S/C14H17N3/c1-10-12(8-15)14(6-4-5-7-14)13(9-16)11(2)17(10)3/h4-7H2,1-3H3. The SMILES string of the molecule is CC1=C(C#N)C2(CCCC2)C(C#N)=C(C)N1C. The molecule has 2 aliphatic rings. The largest absolute Gasteiger partial charge is 0.350 e. The summed E-state index contributed by atoms with van der Waals surface area (Å²) in [6, 6.07) is 4.71. The zero-order valence-corrected chi connectivity index (χ0v) is 10.7. The topological polar surface area (TPSA) is 50.8 Å². The van der Waals surface area contributed by atoms with E-state index >= 15 is 0 Å². The third-order valence-corrected chi connectivity index (χ3v) is 4.37. The first-order valence-corrected chi connectivity index (χ1v) is 6.05. The van der Waals surface area contributed by atoms with Crippen molar-refractivity contribution in [2.75, 3.05) is 7.05 Å². The molecule has 0 amide bonds. The van der Waals surface area contributed by atoms with Gasteiger partial charge in [-0.1, -0.05) is 12.8 Å². The van der Waals surface area contributed by atoms with E-state index in [4.69, 9.17) is 0 Å². The predicted molar refractivity (Wildman–Crippen MR) is 65.3 cm³/mol. The van der Waals surface area contributed by atoms with E-state index in [1.165, 1.54) is 0 Å². The normalized spacial score (nSPS) is 23.0. The highest BCUT2D eigenvalue weighted by molar-refractivity contribution is 5.52. The van der Waals surface area contributed by atoms with Crippen LogP contribution in [0.15, 0.2) is 22.5 Å². The van der Waals surface area contributed by atoms with Crippen molar-refractivity contribution in [3.63, 3.8) is 0 Å². The van der Waals surface area contributed by atoms with Gasteiger partial charge in [0.05, 0.1) is 23.3 Å². The Morgan fingerprint density at radius 2 is 1.41 bits per heavy atom. The van der Waals surface area contributed by atoms with Crippen molar-refractivity contribution >= 4 is 0 Å². The summed E-state index contributed by atoms with van der Waals surface area (Å²) in [5.74, 6) is 0. The van der Waals surface area contributed by atoms with Crippen molar-refractivity contribution in [2.24, 2.45) is 5.41 Å². The van der Waals surface area contributed by atoms with Gasteiger partial charge in [0.15, 0.2) is 0 Å². The molecule has 0 bridgehead atoms. The molecule has 3 heteroatoms.